The van der Waals surface area contributed by atoms with Gasteiger partial charge in [-0.05, 0) is 60.0 Å². The topological polar surface area (TPSA) is 69.0 Å². The first-order valence-electron chi connectivity index (χ1n) is 12.5. The number of aryl methyl sites for hydroxylation is 1. The van der Waals surface area contributed by atoms with E-state index in [1.807, 2.05) is 55.5 Å². The average molecular weight is 538 g/mol. The van der Waals surface area contributed by atoms with Crippen LogP contribution in [0.5, 0.6) is 11.5 Å². The molecule has 1 aliphatic heterocycles. The molecule has 5 aromatic rings. The molecule has 0 radical (unpaired) electrons. The van der Waals surface area contributed by atoms with E-state index in [0.717, 1.165) is 11.1 Å². The summed E-state index contributed by atoms with van der Waals surface area (Å²) in [5, 5.41) is 0.925. The molecule has 0 saturated heterocycles. The summed E-state index contributed by atoms with van der Waals surface area (Å²) in [4.78, 5) is 29.2. The van der Waals surface area contributed by atoms with Gasteiger partial charge >= 0.3 is 0 Å². The molecule has 1 aliphatic rings. The summed E-state index contributed by atoms with van der Waals surface area (Å²) in [6.45, 7) is 2.26. The number of ether oxygens (including phenoxy) is 2. The second kappa shape index (κ2) is 9.97. The summed E-state index contributed by atoms with van der Waals surface area (Å²) in [6.07, 6.45) is 0. The third-order valence-electron chi connectivity index (χ3n) is 6.95. The third kappa shape index (κ3) is 4.33. The van der Waals surface area contributed by atoms with E-state index in [1.54, 1.807) is 54.5 Å². The number of methoxy groups -OCH3 is 1. The minimum absolute atomic E-state index is 0.0174. The fourth-order valence-corrected chi connectivity index (χ4v) is 5.12. The standard InChI is InChI=1S/C32H24ClNO5/c1-19-12-14-22(17-24(19)33)34-29(28-30(35)23-10-6-7-11-25(23)39-31(28)32(34)36)21-13-15-26(27(16-21)37-2)38-18-20-8-4-3-5-9-20/h3-17,29H,18H2,1-2H3. The molecule has 0 aliphatic carbocycles. The van der Waals surface area contributed by atoms with E-state index in [-0.39, 0.29) is 16.8 Å². The third-order valence-corrected chi connectivity index (χ3v) is 7.36. The Morgan fingerprint density at radius 2 is 1.67 bits per heavy atom. The van der Waals surface area contributed by atoms with Gasteiger partial charge in [0.2, 0.25) is 5.76 Å². The zero-order chi connectivity index (χ0) is 27.1. The highest BCUT2D eigenvalue weighted by Crippen LogP contribution is 2.44. The molecule has 6 nitrogen and oxygen atoms in total. The number of hydrogen-bond donors (Lipinski definition) is 0. The van der Waals surface area contributed by atoms with Gasteiger partial charge < -0.3 is 13.9 Å². The zero-order valence-corrected chi connectivity index (χ0v) is 22.1. The van der Waals surface area contributed by atoms with Crippen LogP contribution in [-0.4, -0.2) is 13.0 Å². The van der Waals surface area contributed by atoms with Gasteiger partial charge in [0.25, 0.3) is 5.91 Å². The maximum atomic E-state index is 13.8. The monoisotopic (exact) mass is 537 g/mol. The van der Waals surface area contributed by atoms with Crippen LogP contribution in [0.25, 0.3) is 11.0 Å². The van der Waals surface area contributed by atoms with Crippen LogP contribution < -0.4 is 19.8 Å². The molecule has 1 aromatic heterocycles. The zero-order valence-electron chi connectivity index (χ0n) is 21.3. The number of carbonyl (C=O) groups is 1. The van der Waals surface area contributed by atoms with Gasteiger partial charge in [0.05, 0.1) is 24.1 Å². The number of anilines is 1. The van der Waals surface area contributed by atoms with Crippen molar-refractivity contribution < 1.29 is 18.7 Å². The van der Waals surface area contributed by atoms with Crippen molar-refractivity contribution in [2.75, 3.05) is 12.0 Å². The van der Waals surface area contributed by atoms with E-state index in [9.17, 15) is 9.59 Å². The first-order chi connectivity index (χ1) is 19.0. The van der Waals surface area contributed by atoms with Crippen molar-refractivity contribution in [2.45, 2.75) is 19.6 Å². The van der Waals surface area contributed by atoms with Crippen molar-refractivity contribution in [2.24, 2.45) is 0 Å². The summed E-state index contributed by atoms with van der Waals surface area (Å²) in [6, 6.07) is 26.8. The number of rotatable bonds is 6. The Balaban J connectivity index is 1.49. The minimum Gasteiger partial charge on any atom is -0.493 e. The van der Waals surface area contributed by atoms with Gasteiger partial charge in [-0.2, -0.15) is 0 Å². The van der Waals surface area contributed by atoms with E-state index >= 15 is 0 Å². The van der Waals surface area contributed by atoms with Crippen molar-refractivity contribution in [1.82, 2.24) is 0 Å². The summed E-state index contributed by atoms with van der Waals surface area (Å²) >= 11 is 6.46. The summed E-state index contributed by atoms with van der Waals surface area (Å²) in [5.41, 5.74) is 3.50. The maximum Gasteiger partial charge on any atom is 0.295 e. The quantitative estimate of drug-likeness (QED) is 0.231. The highest BCUT2D eigenvalue weighted by Gasteiger charge is 2.44. The van der Waals surface area contributed by atoms with Crippen LogP contribution in [0.3, 0.4) is 0 Å². The fraction of sp³-hybridized carbons (Fsp3) is 0.125. The van der Waals surface area contributed by atoms with Crippen molar-refractivity contribution in [3.63, 3.8) is 0 Å². The second-order valence-corrected chi connectivity index (χ2v) is 9.77. The first kappa shape index (κ1) is 24.8. The van der Waals surface area contributed by atoms with Crippen LogP contribution in [0.2, 0.25) is 5.02 Å². The Morgan fingerprint density at radius 3 is 2.44 bits per heavy atom. The Kier molecular flexibility index (Phi) is 6.33. The molecule has 1 atom stereocenters. The summed E-state index contributed by atoms with van der Waals surface area (Å²) in [5.74, 6) is 0.631. The smallest absolute Gasteiger partial charge is 0.295 e. The van der Waals surface area contributed by atoms with Gasteiger partial charge in [0.1, 0.15) is 12.2 Å². The maximum absolute atomic E-state index is 13.8. The number of carbonyl (C=O) groups excluding carboxylic acids is 1. The highest BCUT2D eigenvalue weighted by atomic mass is 35.5. The van der Waals surface area contributed by atoms with Gasteiger partial charge in [0.15, 0.2) is 16.9 Å². The number of hydrogen-bond acceptors (Lipinski definition) is 5. The molecule has 0 bridgehead atoms. The molecule has 0 N–H and O–H groups in total. The molecule has 39 heavy (non-hydrogen) atoms. The molecule has 1 unspecified atom stereocenters. The molecule has 7 heteroatoms. The molecule has 194 valence electrons. The Hall–Kier alpha value is -4.55. The van der Waals surface area contributed by atoms with Crippen LogP contribution in [0.4, 0.5) is 5.69 Å². The number of nitrogens with zero attached hydrogens (tertiary/aromatic N) is 1. The molecule has 0 spiro atoms. The van der Waals surface area contributed by atoms with Gasteiger partial charge in [-0.3, -0.25) is 14.5 Å². The van der Waals surface area contributed by atoms with Crippen molar-refractivity contribution in [3.05, 3.63) is 134 Å². The van der Waals surface area contributed by atoms with E-state index in [1.165, 1.54) is 0 Å². The molecular formula is C32H24ClNO5. The normalized spacial score (nSPS) is 14.5. The summed E-state index contributed by atoms with van der Waals surface area (Å²) < 4.78 is 17.8. The van der Waals surface area contributed by atoms with Crippen LogP contribution in [0.15, 0.2) is 100 Å². The molecule has 4 aromatic carbocycles. The van der Waals surface area contributed by atoms with Crippen molar-refractivity contribution in [1.29, 1.82) is 0 Å². The predicted molar refractivity (Wildman–Crippen MR) is 151 cm³/mol. The molecule has 6 rings (SSSR count). The molecular weight excluding hydrogens is 514 g/mol. The van der Waals surface area contributed by atoms with Crippen LogP contribution in [-0.2, 0) is 6.61 Å². The Labute approximate surface area is 230 Å². The largest absolute Gasteiger partial charge is 0.493 e. The molecule has 0 saturated carbocycles. The fourth-order valence-electron chi connectivity index (χ4n) is 4.94. The number of benzene rings is 4. The minimum atomic E-state index is -0.760. The molecule has 1 amide bonds. The number of fused-ring (bicyclic) bond motifs is 2. The van der Waals surface area contributed by atoms with Gasteiger partial charge in [0, 0.05) is 10.7 Å². The number of para-hydroxylation sites is 1. The lowest BCUT2D eigenvalue weighted by Crippen LogP contribution is -2.29. The SMILES string of the molecule is COc1cc(C2c3c(oc4ccccc4c3=O)C(=O)N2c2ccc(C)c(Cl)c2)ccc1OCc1ccccc1. The lowest BCUT2D eigenvalue weighted by Gasteiger charge is -2.26. The van der Waals surface area contributed by atoms with Crippen molar-refractivity contribution >= 4 is 34.2 Å². The summed E-state index contributed by atoms with van der Waals surface area (Å²) in [7, 11) is 1.56. The van der Waals surface area contributed by atoms with Crippen molar-refractivity contribution in [3.8, 4) is 11.5 Å². The Bertz CT molecular complexity index is 1780. The highest BCUT2D eigenvalue weighted by molar-refractivity contribution is 6.31. The van der Waals surface area contributed by atoms with E-state index in [0.29, 0.717) is 45.3 Å². The lowest BCUT2D eigenvalue weighted by molar-refractivity contribution is 0.0971. The average Bonchev–Trinajstić information content (AvgIpc) is 3.26. The van der Waals surface area contributed by atoms with Crippen LogP contribution in [0.1, 0.15) is 38.9 Å². The van der Waals surface area contributed by atoms with E-state index < -0.39 is 11.9 Å². The van der Waals surface area contributed by atoms with E-state index in [4.69, 9.17) is 25.5 Å². The van der Waals surface area contributed by atoms with Gasteiger partial charge in [-0.15, -0.1) is 0 Å². The lowest BCUT2D eigenvalue weighted by atomic mass is 9.97. The first-order valence-corrected chi connectivity index (χ1v) is 12.8. The molecule has 0 fully saturated rings. The van der Waals surface area contributed by atoms with Crippen LogP contribution >= 0.6 is 11.6 Å². The van der Waals surface area contributed by atoms with E-state index in [2.05, 4.69) is 0 Å². The Morgan fingerprint density at radius 1 is 0.897 bits per heavy atom. The predicted octanol–water partition coefficient (Wildman–Crippen LogP) is 7.09. The number of amides is 1. The number of halogens is 1. The van der Waals surface area contributed by atoms with Crippen LogP contribution in [0, 0.1) is 6.92 Å². The molecule has 2 heterocycles. The second-order valence-electron chi connectivity index (χ2n) is 9.37. The van der Waals surface area contributed by atoms with Gasteiger partial charge in [-0.1, -0.05) is 66.2 Å². The van der Waals surface area contributed by atoms with Gasteiger partial charge in [-0.25, -0.2) is 0 Å².